The van der Waals surface area contributed by atoms with Crippen molar-refractivity contribution in [1.82, 2.24) is 5.32 Å². The number of hydrogen-bond acceptors (Lipinski definition) is 4. The molecule has 164 valence electrons. The Morgan fingerprint density at radius 1 is 1.03 bits per heavy atom. The third kappa shape index (κ3) is 5.96. The van der Waals surface area contributed by atoms with Crippen LogP contribution in [0.25, 0.3) is 0 Å². The van der Waals surface area contributed by atoms with Gasteiger partial charge in [0.15, 0.2) is 5.76 Å². The minimum atomic E-state index is -0.428. The highest BCUT2D eigenvalue weighted by atomic mass is 16.7. The van der Waals surface area contributed by atoms with E-state index < -0.39 is 6.29 Å². The Labute approximate surface area is 184 Å². The van der Waals surface area contributed by atoms with E-state index in [1.807, 2.05) is 48.5 Å². The van der Waals surface area contributed by atoms with Crippen LogP contribution in [0.4, 0.5) is 0 Å². The van der Waals surface area contributed by atoms with Crippen molar-refractivity contribution in [3.63, 3.8) is 0 Å². The highest BCUT2D eigenvalue weighted by Gasteiger charge is 2.34. The maximum Gasteiger partial charge on any atom is 0.286 e. The number of aliphatic hydroxyl groups is 1. The van der Waals surface area contributed by atoms with Crippen LogP contribution in [0.1, 0.15) is 42.4 Å². The molecular weight excluding hydrogens is 390 g/mol. The topological polar surface area (TPSA) is 67.8 Å². The fourth-order valence-electron chi connectivity index (χ4n) is 4.12. The van der Waals surface area contributed by atoms with Gasteiger partial charge in [-0.1, -0.05) is 61.0 Å². The minimum Gasteiger partial charge on any atom is -0.459 e. The third-order valence-electron chi connectivity index (χ3n) is 6.25. The zero-order valence-electron chi connectivity index (χ0n) is 17.8. The van der Waals surface area contributed by atoms with Gasteiger partial charge in [-0.15, -0.1) is 0 Å². The molecule has 2 aromatic carbocycles. The van der Waals surface area contributed by atoms with Crippen molar-refractivity contribution in [1.29, 1.82) is 0 Å². The molecule has 0 bridgehead atoms. The Bertz CT molecular complexity index is 874. The maximum absolute atomic E-state index is 12.8. The van der Waals surface area contributed by atoms with E-state index in [0.29, 0.717) is 30.7 Å². The van der Waals surface area contributed by atoms with Gasteiger partial charge >= 0.3 is 0 Å². The molecular formula is C26H31NO4. The Morgan fingerprint density at radius 3 is 2.45 bits per heavy atom. The molecule has 31 heavy (non-hydrogen) atoms. The number of amides is 1. The summed E-state index contributed by atoms with van der Waals surface area (Å²) in [4.78, 5) is 12.8. The van der Waals surface area contributed by atoms with Crippen LogP contribution in [-0.4, -0.2) is 23.8 Å². The van der Waals surface area contributed by atoms with Gasteiger partial charge in [0, 0.05) is 13.0 Å². The first-order chi connectivity index (χ1) is 15.2. The number of carbonyl (C=O) groups excluding carboxylic acids is 1. The second kappa shape index (κ2) is 10.6. The molecule has 1 aliphatic heterocycles. The molecule has 0 radical (unpaired) electrons. The Balaban J connectivity index is 1.33. The van der Waals surface area contributed by atoms with Gasteiger partial charge in [0.25, 0.3) is 5.91 Å². The van der Waals surface area contributed by atoms with Gasteiger partial charge in [0.1, 0.15) is 0 Å². The van der Waals surface area contributed by atoms with Crippen molar-refractivity contribution in [3.8, 4) is 0 Å². The fourth-order valence-corrected chi connectivity index (χ4v) is 4.12. The van der Waals surface area contributed by atoms with Gasteiger partial charge in [-0.05, 0) is 53.9 Å². The summed E-state index contributed by atoms with van der Waals surface area (Å²) in [6.07, 6.45) is 6.83. The molecule has 2 atom stereocenters. The third-order valence-corrected chi connectivity index (χ3v) is 6.25. The van der Waals surface area contributed by atoms with E-state index in [2.05, 4.69) is 17.4 Å². The van der Waals surface area contributed by atoms with Gasteiger partial charge in [-0.2, -0.15) is 0 Å². The molecule has 1 amide bonds. The summed E-state index contributed by atoms with van der Waals surface area (Å²) < 4.78 is 12.0. The second-order valence-electron chi connectivity index (χ2n) is 8.45. The lowest BCUT2D eigenvalue weighted by Crippen LogP contribution is -2.36. The van der Waals surface area contributed by atoms with Crippen molar-refractivity contribution in [3.05, 3.63) is 83.1 Å². The predicted molar refractivity (Wildman–Crippen MR) is 119 cm³/mol. The molecule has 1 fully saturated rings. The van der Waals surface area contributed by atoms with Crippen molar-refractivity contribution in [2.75, 3.05) is 6.54 Å². The second-order valence-corrected chi connectivity index (χ2v) is 8.45. The van der Waals surface area contributed by atoms with Crippen LogP contribution in [0, 0.1) is 11.8 Å². The SMILES string of the molecule is O=C(NCCc1ccccc1)C1=C[C@H](C2CCC2)C[C@H](OCc2ccc(CO)cc2)O1. The maximum atomic E-state index is 12.8. The van der Waals surface area contributed by atoms with Gasteiger partial charge in [0.2, 0.25) is 6.29 Å². The van der Waals surface area contributed by atoms with Gasteiger partial charge in [-0.25, -0.2) is 0 Å². The van der Waals surface area contributed by atoms with Crippen LogP contribution in [0.3, 0.4) is 0 Å². The highest BCUT2D eigenvalue weighted by molar-refractivity contribution is 5.91. The number of hydrogen-bond donors (Lipinski definition) is 2. The number of nitrogens with one attached hydrogen (secondary N) is 1. The highest BCUT2D eigenvalue weighted by Crippen LogP contribution is 2.40. The first-order valence-electron chi connectivity index (χ1n) is 11.2. The lowest BCUT2D eigenvalue weighted by molar-refractivity contribution is -0.156. The summed E-state index contributed by atoms with van der Waals surface area (Å²) in [7, 11) is 0. The van der Waals surface area contributed by atoms with E-state index in [4.69, 9.17) is 9.47 Å². The summed E-state index contributed by atoms with van der Waals surface area (Å²) in [6, 6.07) is 17.8. The van der Waals surface area contributed by atoms with Crippen LogP contribution in [0.15, 0.2) is 66.4 Å². The van der Waals surface area contributed by atoms with Crippen molar-refractivity contribution in [2.45, 2.75) is 51.6 Å². The van der Waals surface area contributed by atoms with E-state index in [1.54, 1.807) is 0 Å². The number of ether oxygens (including phenoxy) is 2. The van der Waals surface area contributed by atoms with Crippen LogP contribution < -0.4 is 5.32 Å². The molecule has 1 heterocycles. The molecule has 4 rings (SSSR count). The minimum absolute atomic E-state index is 0.0312. The molecule has 5 heteroatoms. The summed E-state index contributed by atoms with van der Waals surface area (Å²) in [6.45, 7) is 1.01. The molecule has 2 N–H and O–H groups in total. The standard InChI is InChI=1S/C26H31NO4/c28-17-20-9-11-21(12-10-20)18-30-25-16-23(22-7-4-8-22)15-24(31-25)26(29)27-14-13-19-5-2-1-3-6-19/h1-3,5-6,9-12,15,22-23,25,28H,4,7-8,13-14,16-18H2,(H,27,29)/t23-,25+/m0/s1. The molecule has 1 saturated carbocycles. The number of carbonyl (C=O) groups is 1. The first kappa shape index (κ1) is 21.6. The Kier molecular flexibility index (Phi) is 7.39. The largest absolute Gasteiger partial charge is 0.459 e. The smallest absolute Gasteiger partial charge is 0.286 e. The Hall–Kier alpha value is -2.63. The molecule has 5 nitrogen and oxygen atoms in total. The summed E-state index contributed by atoms with van der Waals surface area (Å²) >= 11 is 0. The van der Waals surface area contributed by atoms with E-state index in [-0.39, 0.29) is 12.5 Å². The average Bonchev–Trinajstić information content (AvgIpc) is 2.77. The zero-order chi connectivity index (χ0) is 21.5. The number of rotatable bonds is 9. The fraction of sp³-hybridized carbons (Fsp3) is 0.423. The number of aliphatic hydroxyl groups excluding tert-OH is 1. The zero-order valence-corrected chi connectivity index (χ0v) is 17.8. The van der Waals surface area contributed by atoms with Crippen molar-refractivity contribution >= 4 is 5.91 Å². The van der Waals surface area contributed by atoms with Gasteiger partial charge < -0.3 is 19.9 Å². The van der Waals surface area contributed by atoms with Crippen molar-refractivity contribution < 1.29 is 19.4 Å². The van der Waals surface area contributed by atoms with E-state index in [9.17, 15) is 9.90 Å². The number of benzene rings is 2. The van der Waals surface area contributed by atoms with E-state index in [0.717, 1.165) is 24.0 Å². The predicted octanol–water partition coefficient (Wildman–Crippen LogP) is 4.10. The van der Waals surface area contributed by atoms with Gasteiger partial charge in [0.05, 0.1) is 13.2 Å². The van der Waals surface area contributed by atoms with Gasteiger partial charge in [-0.3, -0.25) is 4.79 Å². The molecule has 2 aromatic rings. The molecule has 0 saturated heterocycles. The quantitative estimate of drug-likeness (QED) is 0.640. The summed E-state index contributed by atoms with van der Waals surface area (Å²) in [5.41, 5.74) is 3.09. The molecule has 0 unspecified atom stereocenters. The van der Waals surface area contributed by atoms with Crippen LogP contribution in [0.2, 0.25) is 0 Å². The molecule has 0 spiro atoms. The monoisotopic (exact) mass is 421 g/mol. The Morgan fingerprint density at radius 2 is 1.77 bits per heavy atom. The molecule has 2 aliphatic rings. The normalized spacial score (nSPS) is 21.0. The lowest BCUT2D eigenvalue weighted by Gasteiger charge is -2.37. The molecule has 0 aromatic heterocycles. The first-order valence-corrected chi connectivity index (χ1v) is 11.2. The number of allylic oxidation sites excluding steroid dienone is 1. The van der Waals surface area contributed by atoms with E-state index >= 15 is 0 Å². The van der Waals surface area contributed by atoms with Crippen LogP contribution >= 0.6 is 0 Å². The lowest BCUT2D eigenvalue weighted by atomic mass is 9.73. The summed E-state index contributed by atoms with van der Waals surface area (Å²) in [5, 5.41) is 12.2. The van der Waals surface area contributed by atoms with Crippen molar-refractivity contribution in [2.24, 2.45) is 11.8 Å². The molecule has 1 aliphatic carbocycles. The average molecular weight is 422 g/mol. The van der Waals surface area contributed by atoms with Crippen LogP contribution in [0.5, 0.6) is 0 Å². The van der Waals surface area contributed by atoms with Crippen LogP contribution in [-0.2, 0) is 33.9 Å². The van der Waals surface area contributed by atoms with E-state index in [1.165, 1.54) is 24.8 Å². The summed E-state index contributed by atoms with van der Waals surface area (Å²) in [5.74, 6) is 1.16.